The highest BCUT2D eigenvalue weighted by Crippen LogP contribution is 2.18. The SMILES string of the molecule is Cc1c(NC(=O)c2cccc(NC(=O)CCC(=O)c3cccs3)c2)c(=O)n(-c2ccccc2)n1C. The molecule has 0 aliphatic carbocycles. The minimum atomic E-state index is -0.472. The number of aromatic nitrogens is 2. The Morgan fingerprint density at radius 2 is 1.69 bits per heavy atom. The number of nitrogens with zero attached hydrogens (tertiary/aromatic N) is 2. The molecule has 2 heterocycles. The van der Waals surface area contributed by atoms with Crippen LogP contribution in [-0.2, 0) is 11.8 Å². The van der Waals surface area contributed by atoms with Gasteiger partial charge in [-0.25, -0.2) is 4.68 Å². The summed E-state index contributed by atoms with van der Waals surface area (Å²) in [5.74, 6) is -0.875. The van der Waals surface area contributed by atoms with Crippen molar-refractivity contribution < 1.29 is 14.4 Å². The van der Waals surface area contributed by atoms with Crippen LogP contribution in [0.25, 0.3) is 5.69 Å². The maximum absolute atomic E-state index is 13.0. The van der Waals surface area contributed by atoms with E-state index < -0.39 is 5.91 Å². The molecule has 0 saturated carbocycles. The average Bonchev–Trinajstić information content (AvgIpc) is 3.47. The van der Waals surface area contributed by atoms with Gasteiger partial charge in [0.2, 0.25) is 5.91 Å². The largest absolute Gasteiger partial charge is 0.326 e. The Bertz CT molecular complexity index is 1440. The molecule has 0 aliphatic heterocycles. The third-order valence-corrected chi connectivity index (χ3v) is 6.49. The zero-order valence-corrected chi connectivity index (χ0v) is 20.1. The summed E-state index contributed by atoms with van der Waals surface area (Å²) >= 11 is 1.34. The van der Waals surface area contributed by atoms with Gasteiger partial charge in [0.1, 0.15) is 5.69 Å². The Balaban J connectivity index is 1.44. The Morgan fingerprint density at radius 3 is 2.40 bits per heavy atom. The Morgan fingerprint density at radius 1 is 0.914 bits per heavy atom. The minimum Gasteiger partial charge on any atom is -0.326 e. The van der Waals surface area contributed by atoms with Crippen LogP contribution in [0.4, 0.5) is 11.4 Å². The Kier molecular flexibility index (Phi) is 7.07. The van der Waals surface area contributed by atoms with E-state index in [0.29, 0.717) is 21.9 Å². The summed E-state index contributed by atoms with van der Waals surface area (Å²) in [5.41, 5.74) is 1.84. The lowest BCUT2D eigenvalue weighted by Crippen LogP contribution is -2.23. The van der Waals surface area contributed by atoms with Crippen molar-refractivity contribution in [1.29, 1.82) is 0 Å². The molecule has 35 heavy (non-hydrogen) atoms. The Hall–Kier alpha value is -4.24. The molecule has 178 valence electrons. The molecule has 0 aliphatic rings. The maximum Gasteiger partial charge on any atom is 0.295 e. The monoisotopic (exact) mass is 488 g/mol. The van der Waals surface area contributed by atoms with E-state index in [1.807, 2.05) is 35.7 Å². The van der Waals surface area contributed by atoms with Crippen LogP contribution in [0.3, 0.4) is 0 Å². The quantitative estimate of drug-likeness (QED) is 0.359. The van der Waals surface area contributed by atoms with Crippen LogP contribution in [0.2, 0.25) is 0 Å². The number of anilines is 2. The molecule has 2 aromatic carbocycles. The molecule has 2 N–H and O–H groups in total. The molecular weight excluding hydrogens is 464 g/mol. The number of hydrogen-bond donors (Lipinski definition) is 2. The van der Waals surface area contributed by atoms with Gasteiger partial charge < -0.3 is 10.6 Å². The highest BCUT2D eigenvalue weighted by Gasteiger charge is 2.19. The topological polar surface area (TPSA) is 102 Å². The number of para-hydroxylation sites is 1. The molecule has 4 aromatic rings. The second-order valence-electron chi connectivity index (χ2n) is 7.92. The molecule has 0 radical (unpaired) electrons. The van der Waals surface area contributed by atoms with Gasteiger partial charge in [0.15, 0.2) is 5.78 Å². The van der Waals surface area contributed by atoms with E-state index in [-0.39, 0.29) is 41.3 Å². The summed E-state index contributed by atoms with van der Waals surface area (Å²) in [4.78, 5) is 51.0. The zero-order valence-electron chi connectivity index (χ0n) is 19.3. The first-order chi connectivity index (χ1) is 16.8. The normalized spacial score (nSPS) is 10.7. The first-order valence-corrected chi connectivity index (χ1v) is 11.8. The smallest absolute Gasteiger partial charge is 0.295 e. The van der Waals surface area contributed by atoms with E-state index in [4.69, 9.17) is 0 Å². The predicted molar refractivity (Wildman–Crippen MR) is 137 cm³/mol. The summed E-state index contributed by atoms with van der Waals surface area (Å²) < 4.78 is 3.17. The molecule has 0 saturated heterocycles. The molecule has 0 unspecified atom stereocenters. The van der Waals surface area contributed by atoms with Crippen LogP contribution >= 0.6 is 11.3 Å². The number of ketones is 1. The van der Waals surface area contributed by atoms with Crippen LogP contribution in [0.1, 0.15) is 38.6 Å². The fraction of sp³-hybridized carbons (Fsp3) is 0.154. The fourth-order valence-corrected chi connectivity index (χ4v) is 4.34. The van der Waals surface area contributed by atoms with Crippen molar-refractivity contribution in [3.05, 3.63) is 98.6 Å². The van der Waals surface area contributed by atoms with Gasteiger partial charge in [-0.3, -0.25) is 23.9 Å². The summed E-state index contributed by atoms with van der Waals surface area (Å²) in [7, 11) is 1.75. The highest BCUT2D eigenvalue weighted by atomic mass is 32.1. The number of Topliss-reactive ketones (excluding diaryl/α,β-unsaturated/α-hetero) is 1. The highest BCUT2D eigenvalue weighted by molar-refractivity contribution is 7.12. The average molecular weight is 489 g/mol. The van der Waals surface area contributed by atoms with E-state index in [0.717, 1.165) is 0 Å². The molecule has 2 aromatic heterocycles. The lowest BCUT2D eigenvalue weighted by atomic mass is 10.1. The van der Waals surface area contributed by atoms with E-state index >= 15 is 0 Å². The second kappa shape index (κ2) is 10.4. The lowest BCUT2D eigenvalue weighted by molar-refractivity contribution is -0.116. The summed E-state index contributed by atoms with van der Waals surface area (Å²) in [6.45, 7) is 1.75. The van der Waals surface area contributed by atoms with Crippen LogP contribution in [0, 0.1) is 6.92 Å². The third-order valence-electron chi connectivity index (χ3n) is 5.58. The molecule has 2 amide bonds. The molecule has 9 heteroatoms. The number of amides is 2. The van der Waals surface area contributed by atoms with Crippen LogP contribution in [0.15, 0.2) is 76.9 Å². The zero-order chi connectivity index (χ0) is 24.9. The Labute approximate surface area is 205 Å². The number of rotatable bonds is 8. The van der Waals surface area contributed by atoms with Crippen molar-refractivity contribution in [3.63, 3.8) is 0 Å². The molecule has 0 fully saturated rings. The van der Waals surface area contributed by atoms with Crippen molar-refractivity contribution in [2.24, 2.45) is 7.05 Å². The first-order valence-electron chi connectivity index (χ1n) is 11.0. The third kappa shape index (κ3) is 5.30. The standard InChI is InChI=1S/C26H24N4O4S/c1-17-24(26(34)30(29(17)2)20-10-4-3-5-11-20)28-25(33)18-8-6-9-19(16-18)27-23(32)14-13-21(31)22-12-7-15-35-22/h3-12,15-16H,13-14H2,1-2H3,(H,27,32)(H,28,33). The van der Waals surface area contributed by atoms with E-state index in [9.17, 15) is 19.2 Å². The van der Waals surface area contributed by atoms with Gasteiger partial charge in [0.05, 0.1) is 16.3 Å². The molecule has 0 atom stereocenters. The van der Waals surface area contributed by atoms with Crippen LogP contribution < -0.4 is 16.2 Å². The van der Waals surface area contributed by atoms with Gasteiger partial charge in [-0.1, -0.05) is 30.3 Å². The number of hydrogen-bond acceptors (Lipinski definition) is 5. The lowest BCUT2D eigenvalue weighted by Gasteiger charge is -2.08. The maximum atomic E-state index is 13.0. The summed E-state index contributed by atoms with van der Waals surface area (Å²) in [6.07, 6.45) is 0.142. The number of carbonyl (C=O) groups excluding carboxylic acids is 3. The molecule has 8 nitrogen and oxygen atoms in total. The van der Waals surface area contributed by atoms with E-state index in [1.165, 1.54) is 22.1 Å². The number of benzene rings is 2. The number of nitrogens with one attached hydrogen (secondary N) is 2. The first kappa shape index (κ1) is 23.9. The van der Waals surface area contributed by atoms with Gasteiger partial charge >= 0.3 is 0 Å². The molecule has 0 bridgehead atoms. The van der Waals surface area contributed by atoms with Crippen molar-refractivity contribution >= 4 is 40.3 Å². The van der Waals surface area contributed by atoms with E-state index in [2.05, 4.69) is 10.6 Å². The van der Waals surface area contributed by atoms with Gasteiger partial charge in [0, 0.05) is 31.1 Å². The summed E-state index contributed by atoms with van der Waals surface area (Å²) in [5, 5.41) is 7.25. The van der Waals surface area contributed by atoms with Gasteiger partial charge in [-0.2, -0.15) is 0 Å². The summed E-state index contributed by atoms with van der Waals surface area (Å²) in [6, 6.07) is 19.1. The van der Waals surface area contributed by atoms with Crippen molar-refractivity contribution in [3.8, 4) is 5.69 Å². The number of thiophene rings is 1. The fourth-order valence-electron chi connectivity index (χ4n) is 3.65. The van der Waals surface area contributed by atoms with Gasteiger partial charge in [0.25, 0.3) is 11.5 Å². The van der Waals surface area contributed by atoms with Crippen molar-refractivity contribution in [2.45, 2.75) is 19.8 Å². The van der Waals surface area contributed by atoms with Crippen LogP contribution in [-0.4, -0.2) is 27.0 Å². The van der Waals surface area contributed by atoms with Crippen molar-refractivity contribution in [1.82, 2.24) is 9.36 Å². The van der Waals surface area contributed by atoms with Crippen molar-refractivity contribution in [2.75, 3.05) is 10.6 Å². The van der Waals surface area contributed by atoms with E-state index in [1.54, 1.807) is 49.0 Å². The predicted octanol–water partition coefficient (Wildman–Crippen LogP) is 4.40. The molecule has 4 rings (SSSR count). The minimum absolute atomic E-state index is 0.0371. The van der Waals surface area contributed by atoms with Gasteiger partial charge in [-0.05, 0) is 48.7 Å². The number of carbonyl (C=O) groups is 3. The second-order valence-corrected chi connectivity index (χ2v) is 8.87. The van der Waals surface area contributed by atoms with Crippen LogP contribution in [0.5, 0.6) is 0 Å². The molecular formula is C26H24N4O4S. The molecule has 0 spiro atoms. The van der Waals surface area contributed by atoms with Gasteiger partial charge in [-0.15, -0.1) is 11.3 Å².